The van der Waals surface area contributed by atoms with Crippen molar-refractivity contribution in [3.8, 4) is 5.75 Å². The normalized spacial score (nSPS) is 16.4. The number of methoxy groups -OCH3 is 1. The molecule has 0 amide bonds. The third kappa shape index (κ3) is 6.65. The molecule has 2 aromatic carbocycles. The minimum atomic E-state index is -0.912. The summed E-state index contributed by atoms with van der Waals surface area (Å²) in [4.78, 5) is 8.73. The Kier molecular flexibility index (Phi) is 9.35. The topological polar surface area (TPSA) is 69.1 Å². The first-order chi connectivity index (χ1) is 18.7. The van der Waals surface area contributed by atoms with E-state index in [2.05, 4.69) is 9.88 Å². The van der Waals surface area contributed by atoms with E-state index >= 15 is 0 Å². The van der Waals surface area contributed by atoms with Crippen molar-refractivity contribution in [1.29, 1.82) is 0 Å². The third-order valence-corrected chi connectivity index (χ3v) is 8.12. The van der Waals surface area contributed by atoms with E-state index in [4.69, 9.17) is 4.74 Å². The van der Waals surface area contributed by atoms with E-state index in [1.54, 1.807) is 13.3 Å². The Bertz CT molecular complexity index is 1260. The number of aliphatic hydroxyl groups is 2. The van der Waals surface area contributed by atoms with Gasteiger partial charge >= 0.3 is 0 Å². The largest absolute Gasteiger partial charge is 0.497 e. The molecule has 1 saturated heterocycles. The molecule has 1 atom stereocenters. The molecule has 1 unspecified atom stereocenters. The van der Waals surface area contributed by atoms with Gasteiger partial charge in [0.15, 0.2) is 0 Å². The SMILES string of the molecule is COc1ccc2ncc(N(C)C)c(C(O)CCC3(CO)CCN(CCCc4c(F)cc(F)cc4F)CC3)c2c1. The summed E-state index contributed by atoms with van der Waals surface area (Å²) in [6.45, 7) is 2.20. The van der Waals surface area contributed by atoms with Gasteiger partial charge in [-0.15, -0.1) is 0 Å². The van der Waals surface area contributed by atoms with Crippen LogP contribution in [0.3, 0.4) is 0 Å². The fourth-order valence-electron chi connectivity index (χ4n) is 5.63. The fourth-order valence-corrected chi connectivity index (χ4v) is 5.63. The number of benzene rings is 2. The molecule has 3 aromatic rings. The number of pyridine rings is 1. The number of fused-ring (bicyclic) bond motifs is 1. The predicted molar refractivity (Wildman–Crippen MR) is 147 cm³/mol. The Morgan fingerprint density at radius 2 is 1.79 bits per heavy atom. The number of hydrogen-bond donors (Lipinski definition) is 2. The van der Waals surface area contributed by atoms with Crippen LogP contribution in [0, 0.1) is 22.9 Å². The van der Waals surface area contributed by atoms with Crippen LogP contribution in [0.25, 0.3) is 10.9 Å². The standard InChI is InChI=1S/C30H38F3N3O3/c1-35(2)27-18-34-26-7-6-21(39-3)17-23(26)29(27)28(38)8-9-30(19-37)10-13-36(14-11-30)12-4-5-22-24(32)15-20(31)16-25(22)33/h6-7,15-18,28,37-38H,4-5,8-14,19H2,1-3H3. The summed E-state index contributed by atoms with van der Waals surface area (Å²) in [6, 6.07) is 7.07. The lowest BCUT2D eigenvalue weighted by atomic mass is 9.74. The van der Waals surface area contributed by atoms with Gasteiger partial charge in [0, 0.05) is 49.3 Å². The van der Waals surface area contributed by atoms with Crippen molar-refractivity contribution in [2.45, 2.75) is 44.6 Å². The second-order valence-electron chi connectivity index (χ2n) is 10.8. The molecule has 1 aromatic heterocycles. The number of halogens is 3. The summed E-state index contributed by atoms with van der Waals surface area (Å²) in [5.74, 6) is -1.91. The maximum absolute atomic E-state index is 13.9. The lowest BCUT2D eigenvalue weighted by molar-refractivity contribution is 0.0234. The molecule has 1 aliphatic heterocycles. The third-order valence-electron chi connectivity index (χ3n) is 8.12. The van der Waals surface area contributed by atoms with Gasteiger partial charge in [0.1, 0.15) is 23.2 Å². The zero-order valence-electron chi connectivity index (χ0n) is 22.9. The van der Waals surface area contributed by atoms with E-state index in [-0.39, 0.29) is 24.0 Å². The molecular formula is C30H38F3N3O3. The van der Waals surface area contributed by atoms with Gasteiger partial charge in [0.25, 0.3) is 0 Å². The molecule has 0 aliphatic carbocycles. The molecule has 212 valence electrons. The first kappa shape index (κ1) is 29.1. The Balaban J connectivity index is 1.38. The van der Waals surface area contributed by atoms with E-state index in [1.165, 1.54) is 0 Å². The first-order valence-corrected chi connectivity index (χ1v) is 13.4. The van der Waals surface area contributed by atoms with Gasteiger partial charge in [0.05, 0.1) is 30.6 Å². The molecule has 4 rings (SSSR count). The summed E-state index contributed by atoms with van der Waals surface area (Å²) < 4.78 is 46.4. The number of likely N-dealkylation sites (tertiary alicyclic amines) is 1. The molecule has 2 heterocycles. The summed E-state index contributed by atoms with van der Waals surface area (Å²) in [5.41, 5.74) is 2.04. The lowest BCUT2D eigenvalue weighted by Crippen LogP contribution is -2.42. The van der Waals surface area contributed by atoms with Crippen molar-refractivity contribution < 1.29 is 28.1 Å². The predicted octanol–water partition coefficient (Wildman–Crippen LogP) is 5.25. The highest BCUT2D eigenvalue weighted by molar-refractivity contribution is 5.88. The Morgan fingerprint density at radius 3 is 2.41 bits per heavy atom. The second-order valence-corrected chi connectivity index (χ2v) is 10.8. The van der Waals surface area contributed by atoms with Gasteiger partial charge in [-0.3, -0.25) is 4.98 Å². The van der Waals surface area contributed by atoms with Crippen molar-refractivity contribution in [3.05, 3.63) is 65.1 Å². The molecule has 9 heteroatoms. The summed E-state index contributed by atoms with van der Waals surface area (Å²) >= 11 is 0. The molecule has 1 fully saturated rings. The van der Waals surface area contributed by atoms with Crippen molar-refractivity contribution >= 4 is 16.6 Å². The van der Waals surface area contributed by atoms with Crippen LogP contribution in [-0.4, -0.2) is 67.5 Å². The molecule has 0 radical (unpaired) electrons. The van der Waals surface area contributed by atoms with E-state index in [0.29, 0.717) is 31.6 Å². The lowest BCUT2D eigenvalue weighted by Gasteiger charge is -2.41. The highest BCUT2D eigenvalue weighted by Crippen LogP contribution is 2.41. The number of ether oxygens (including phenoxy) is 1. The van der Waals surface area contributed by atoms with E-state index in [0.717, 1.165) is 60.2 Å². The molecule has 1 aliphatic rings. The molecule has 39 heavy (non-hydrogen) atoms. The van der Waals surface area contributed by atoms with Crippen LogP contribution >= 0.6 is 0 Å². The van der Waals surface area contributed by atoms with Crippen LogP contribution in [0.5, 0.6) is 5.75 Å². The summed E-state index contributed by atoms with van der Waals surface area (Å²) in [5, 5.41) is 22.6. The fraction of sp³-hybridized carbons (Fsp3) is 0.500. The average molecular weight is 546 g/mol. The van der Waals surface area contributed by atoms with Crippen LogP contribution in [0.2, 0.25) is 0 Å². The summed E-state index contributed by atoms with van der Waals surface area (Å²) in [7, 11) is 5.45. The maximum atomic E-state index is 13.9. The number of piperidine rings is 1. The van der Waals surface area contributed by atoms with Gasteiger partial charge in [-0.05, 0) is 81.8 Å². The first-order valence-electron chi connectivity index (χ1n) is 13.4. The van der Waals surface area contributed by atoms with Gasteiger partial charge in [-0.2, -0.15) is 0 Å². The molecule has 0 spiro atoms. The van der Waals surface area contributed by atoms with Gasteiger partial charge in [-0.1, -0.05) is 0 Å². The molecule has 6 nitrogen and oxygen atoms in total. The maximum Gasteiger partial charge on any atom is 0.132 e. The Labute approximate surface area is 228 Å². The van der Waals surface area contributed by atoms with Crippen LogP contribution in [0.4, 0.5) is 18.9 Å². The average Bonchev–Trinajstić information content (AvgIpc) is 2.92. The zero-order chi connectivity index (χ0) is 28.2. The van der Waals surface area contributed by atoms with E-state index in [9.17, 15) is 23.4 Å². The van der Waals surface area contributed by atoms with Crippen LogP contribution < -0.4 is 9.64 Å². The Hall–Kier alpha value is -2.88. The number of nitrogens with zero attached hydrogens (tertiary/aromatic N) is 3. The smallest absolute Gasteiger partial charge is 0.132 e. The van der Waals surface area contributed by atoms with Gasteiger partial charge < -0.3 is 24.7 Å². The van der Waals surface area contributed by atoms with Crippen molar-refractivity contribution in [3.63, 3.8) is 0 Å². The number of aliphatic hydroxyl groups excluding tert-OH is 2. The quantitative estimate of drug-likeness (QED) is 0.343. The molecular weight excluding hydrogens is 507 g/mol. The van der Waals surface area contributed by atoms with Crippen LogP contribution in [0.15, 0.2) is 36.5 Å². The summed E-state index contributed by atoms with van der Waals surface area (Å²) in [6.07, 6.45) is 4.45. The van der Waals surface area contributed by atoms with E-state index in [1.807, 2.05) is 37.2 Å². The minimum Gasteiger partial charge on any atom is -0.497 e. The minimum absolute atomic E-state index is 0.0328. The highest BCUT2D eigenvalue weighted by Gasteiger charge is 2.35. The van der Waals surface area contributed by atoms with Gasteiger partial charge in [0.2, 0.25) is 0 Å². The number of hydrogen-bond acceptors (Lipinski definition) is 6. The van der Waals surface area contributed by atoms with Crippen molar-refractivity contribution in [1.82, 2.24) is 9.88 Å². The number of aromatic nitrogens is 1. The number of rotatable bonds is 11. The van der Waals surface area contributed by atoms with Crippen molar-refractivity contribution in [2.24, 2.45) is 5.41 Å². The molecule has 2 N–H and O–H groups in total. The second kappa shape index (κ2) is 12.5. The molecule has 0 bridgehead atoms. The monoisotopic (exact) mass is 545 g/mol. The van der Waals surface area contributed by atoms with Crippen molar-refractivity contribution in [2.75, 3.05) is 52.3 Å². The van der Waals surface area contributed by atoms with Gasteiger partial charge in [-0.25, -0.2) is 13.2 Å². The number of anilines is 1. The van der Waals surface area contributed by atoms with Crippen LogP contribution in [0.1, 0.15) is 49.3 Å². The van der Waals surface area contributed by atoms with E-state index < -0.39 is 23.6 Å². The molecule has 0 saturated carbocycles. The highest BCUT2D eigenvalue weighted by atomic mass is 19.1. The van der Waals surface area contributed by atoms with Crippen LogP contribution in [-0.2, 0) is 6.42 Å². The Morgan fingerprint density at radius 1 is 1.10 bits per heavy atom. The zero-order valence-corrected chi connectivity index (χ0v) is 22.9.